The van der Waals surface area contributed by atoms with Crippen LogP contribution in [0.2, 0.25) is 0 Å². The minimum Gasteiger partial charge on any atom is -0.490 e. The number of nitrogens with two attached hydrogens (primary N) is 1. The van der Waals surface area contributed by atoms with Gasteiger partial charge in [0.15, 0.2) is 17.3 Å². The molecule has 0 fully saturated rings. The number of ketones is 1. The van der Waals surface area contributed by atoms with Crippen molar-refractivity contribution in [3.63, 3.8) is 0 Å². The molecule has 92 valence electrons. The molecular weight excluding hydrogens is 218 g/mol. The molecule has 0 amide bonds. The molecule has 0 radical (unpaired) electrons. The standard InChI is InChI=1S/C13H17NO3/c1-9(14)7-11(15)10-3-4-12-13(8-10)17-6-2-5-16-12/h3-4,8-9H,2,5-7,14H2,1H3. The average molecular weight is 235 g/mol. The molecule has 0 bridgehead atoms. The number of hydrogen-bond acceptors (Lipinski definition) is 4. The summed E-state index contributed by atoms with van der Waals surface area (Å²) in [6.45, 7) is 3.10. The van der Waals surface area contributed by atoms with E-state index in [0.29, 0.717) is 36.7 Å². The molecule has 1 aliphatic rings. The molecule has 0 saturated heterocycles. The Kier molecular flexibility index (Phi) is 3.64. The highest BCUT2D eigenvalue weighted by Crippen LogP contribution is 2.30. The topological polar surface area (TPSA) is 61.6 Å². The molecule has 0 aromatic heterocycles. The zero-order valence-electron chi connectivity index (χ0n) is 9.94. The molecule has 0 saturated carbocycles. The minimum atomic E-state index is -0.126. The maximum absolute atomic E-state index is 11.9. The Bertz CT molecular complexity index is 415. The fourth-order valence-corrected chi connectivity index (χ4v) is 1.75. The van der Waals surface area contributed by atoms with E-state index in [9.17, 15) is 4.79 Å². The normalized spacial score (nSPS) is 16.1. The first kappa shape index (κ1) is 11.9. The third kappa shape index (κ3) is 2.97. The van der Waals surface area contributed by atoms with E-state index in [4.69, 9.17) is 15.2 Å². The fourth-order valence-electron chi connectivity index (χ4n) is 1.75. The van der Waals surface area contributed by atoms with Gasteiger partial charge in [0.05, 0.1) is 13.2 Å². The predicted octanol–water partition coefficient (Wildman–Crippen LogP) is 1.77. The van der Waals surface area contributed by atoms with Gasteiger partial charge in [-0.25, -0.2) is 0 Å². The first-order chi connectivity index (χ1) is 8.16. The van der Waals surface area contributed by atoms with E-state index >= 15 is 0 Å². The summed E-state index contributed by atoms with van der Waals surface area (Å²) >= 11 is 0. The lowest BCUT2D eigenvalue weighted by Gasteiger charge is -2.09. The molecular formula is C13H17NO3. The molecule has 17 heavy (non-hydrogen) atoms. The molecule has 1 heterocycles. The zero-order chi connectivity index (χ0) is 12.3. The molecule has 0 aliphatic carbocycles. The highest BCUT2D eigenvalue weighted by Gasteiger charge is 2.14. The van der Waals surface area contributed by atoms with Gasteiger partial charge in [0, 0.05) is 24.4 Å². The maximum Gasteiger partial charge on any atom is 0.164 e. The van der Waals surface area contributed by atoms with Crippen molar-refractivity contribution in [1.29, 1.82) is 0 Å². The van der Waals surface area contributed by atoms with Gasteiger partial charge in [0.25, 0.3) is 0 Å². The summed E-state index contributed by atoms with van der Waals surface area (Å²) in [5, 5.41) is 0. The second-order valence-electron chi connectivity index (χ2n) is 4.32. The molecule has 4 nitrogen and oxygen atoms in total. The van der Waals surface area contributed by atoms with Crippen LogP contribution in [0.15, 0.2) is 18.2 Å². The number of Topliss-reactive ketones (excluding diaryl/α,β-unsaturated/α-hetero) is 1. The van der Waals surface area contributed by atoms with E-state index in [1.54, 1.807) is 18.2 Å². The summed E-state index contributed by atoms with van der Waals surface area (Å²) in [6, 6.07) is 5.16. The van der Waals surface area contributed by atoms with Crippen molar-refractivity contribution in [3.05, 3.63) is 23.8 Å². The fraction of sp³-hybridized carbons (Fsp3) is 0.462. The smallest absolute Gasteiger partial charge is 0.164 e. The summed E-state index contributed by atoms with van der Waals surface area (Å²) in [4.78, 5) is 11.9. The number of ether oxygens (including phenoxy) is 2. The van der Waals surface area contributed by atoms with Crippen LogP contribution in [-0.4, -0.2) is 25.0 Å². The van der Waals surface area contributed by atoms with Crippen molar-refractivity contribution in [2.45, 2.75) is 25.8 Å². The van der Waals surface area contributed by atoms with Crippen molar-refractivity contribution < 1.29 is 14.3 Å². The van der Waals surface area contributed by atoms with Gasteiger partial charge < -0.3 is 15.2 Å². The third-order valence-electron chi connectivity index (χ3n) is 2.58. The molecule has 1 aliphatic heterocycles. The summed E-state index contributed by atoms with van der Waals surface area (Å²) in [7, 11) is 0. The van der Waals surface area contributed by atoms with Gasteiger partial charge >= 0.3 is 0 Å². The van der Waals surface area contributed by atoms with E-state index in [0.717, 1.165) is 6.42 Å². The van der Waals surface area contributed by atoms with Crippen LogP contribution >= 0.6 is 0 Å². The van der Waals surface area contributed by atoms with Gasteiger partial charge in [-0.1, -0.05) is 0 Å². The molecule has 0 spiro atoms. The van der Waals surface area contributed by atoms with Crippen LogP contribution in [0, 0.1) is 0 Å². The van der Waals surface area contributed by atoms with Gasteiger partial charge in [-0.3, -0.25) is 4.79 Å². The van der Waals surface area contributed by atoms with Crippen LogP contribution < -0.4 is 15.2 Å². The number of hydrogen-bond donors (Lipinski definition) is 1. The van der Waals surface area contributed by atoms with Gasteiger partial charge in [0.1, 0.15) is 0 Å². The molecule has 1 aromatic rings. The highest BCUT2D eigenvalue weighted by atomic mass is 16.5. The van der Waals surface area contributed by atoms with Gasteiger partial charge in [-0.2, -0.15) is 0 Å². The third-order valence-corrected chi connectivity index (χ3v) is 2.58. The SMILES string of the molecule is CC(N)CC(=O)c1ccc2c(c1)OCCCO2. The first-order valence-corrected chi connectivity index (χ1v) is 5.85. The van der Waals surface area contributed by atoms with Crippen molar-refractivity contribution in [1.82, 2.24) is 0 Å². The monoisotopic (exact) mass is 235 g/mol. The summed E-state index contributed by atoms with van der Waals surface area (Å²) in [5.41, 5.74) is 6.25. The van der Waals surface area contributed by atoms with Crippen molar-refractivity contribution in [2.75, 3.05) is 13.2 Å². The number of carbonyl (C=O) groups excluding carboxylic acids is 1. The second-order valence-corrected chi connectivity index (χ2v) is 4.32. The van der Waals surface area contributed by atoms with E-state index < -0.39 is 0 Å². The molecule has 1 atom stereocenters. The number of carbonyl (C=O) groups is 1. The Morgan fingerprint density at radius 3 is 2.76 bits per heavy atom. The van der Waals surface area contributed by atoms with E-state index in [2.05, 4.69) is 0 Å². The van der Waals surface area contributed by atoms with Crippen LogP contribution in [0.3, 0.4) is 0 Å². The average Bonchev–Trinajstić information content (AvgIpc) is 2.51. The predicted molar refractivity (Wildman–Crippen MR) is 64.6 cm³/mol. The Labute approximate surface area is 101 Å². The molecule has 1 aromatic carbocycles. The largest absolute Gasteiger partial charge is 0.490 e. The number of fused-ring (bicyclic) bond motifs is 1. The zero-order valence-corrected chi connectivity index (χ0v) is 9.94. The molecule has 2 N–H and O–H groups in total. The second kappa shape index (κ2) is 5.19. The molecule has 2 rings (SSSR count). The Morgan fingerprint density at radius 1 is 1.35 bits per heavy atom. The van der Waals surface area contributed by atoms with Crippen LogP contribution in [0.25, 0.3) is 0 Å². The molecule has 1 unspecified atom stereocenters. The Balaban J connectivity index is 2.20. The summed E-state index contributed by atoms with van der Waals surface area (Å²) in [5.74, 6) is 1.40. The lowest BCUT2D eigenvalue weighted by molar-refractivity contribution is 0.0976. The minimum absolute atomic E-state index is 0.0376. The summed E-state index contributed by atoms with van der Waals surface area (Å²) < 4.78 is 11.0. The van der Waals surface area contributed by atoms with Gasteiger partial charge in [0.2, 0.25) is 0 Å². The van der Waals surface area contributed by atoms with E-state index in [1.165, 1.54) is 0 Å². The van der Waals surface area contributed by atoms with Crippen molar-refractivity contribution >= 4 is 5.78 Å². The van der Waals surface area contributed by atoms with Gasteiger partial charge in [-0.15, -0.1) is 0 Å². The van der Waals surface area contributed by atoms with Crippen molar-refractivity contribution in [2.24, 2.45) is 5.73 Å². The highest BCUT2D eigenvalue weighted by molar-refractivity contribution is 5.97. The quantitative estimate of drug-likeness (QED) is 0.811. The summed E-state index contributed by atoms with van der Waals surface area (Å²) in [6.07, 6.45) is 1.21. The van der Waals surface area contributed by atoms with Crippen LogP contribution in [0.5, 0.6) is 11.5 Å². The van der Waals surface area contributed by atoms with Crippen LogP contribution in [0.1, 0.15) is 30.1 Å². The lowest BCUT2D eigenvalue weighted by Crippen LogP contribution is -2.19. The van der Waals surface area contributed by atoms with Crippen molar-refractivity contribution in [3.8, 4) is 11.5 Å². The van der Waals surface area contributed by atoms with E-state index in [1.807, 2.05) is 6.92 Å². The maximum atomic E-state index is 11.9. The van der Waals surface area contributed by atoms with Crippen LogP contribution in [-0.2, 0) is 0 Å². The van der Waals surface area contributed by atoms with Gasteiger partial charge in [-0.05, 0) is 25.1 Å². The first-order valence-electron chi connectivity index (χ1n) is 5.85. The number of benzene rings is 1. The van der Waals surface area contributed by atoms with E-state index in [-0.39, 0.29) is 11.8 Å². The number of rotatable bonds is 3. The Hall–Kier alpha value is -1.55. The Morgan fingerprint density at radius 2 is 2.06 bits per heavy atom. The molecule has 4 heteroatoms. The lowest BCUT2D eigenvalue weighted by atomic mass is 10.0. The van der Waals surface area contributed by atoms with Crippen LogP contribution in [0.4, 0.5) is 0 Å².